The monoisotopic (exact) mass is 337 g/mol. The van der Waals surface area contributed by atoms with Crippen molar-refractivity contribution in [3.05, 3.63) is 40.9 Å². The lowest BCUT2D eigenvalue weighted by molar-refractivity contribution is 0.242. The summed E-state index contributed by atoms with van der Waals surface area (Å²) in [6, 6.07) is 7.06. The highest BCUT2D eigenvalue weighted by Crippen LogP contribution is 2.53. The van der Waals surface area contributed by atoms with Gasteiger partial charge in [0.2, 0.25) is 0 Å². The lowest BCUT2D eigenvalue weighted by Gasteiger charge is -2.27. The van der Waals surface area contributed by atoms with Crippen LogP contribution in [0.3, 0.4) is 0 Å². The molecule has 0 aliphatic carbocycles. The largest absolute Gasteiger partial charge is 0.351 e. The van der Waals surface area contributed by atoms with Crippen molar-refractivity contribution in [2.45, 2.75) is 5.78 Å². The minimum absolute atomic E-state index is 0.453. The van der Waals surface area contributed by atoms with Crippen molar-refractivity contribution in [3.8, 4) is 0 Å². The van der Waals surface area contributed by atoms with Gasteiger partial charge in [0.25, 0.3) is 0 Å². The molecule has 7 heteroatoms. The summed E-state index contributed by atoms with van der Waals surface area (Å²) in [6.07, 6.45) is 1.65. The van der Waals surface area contributed by atoms with Crippen LogP contribution in [0.25, 0.3) is 5.03 Å². The molecule has 1 rings (SSSR count). The normalized spacial score (nSPS) is 14.7. The number of hydrogen-bond acceptors (Lipinski definition) is 4. The molecule has 4 nitrogen and oxygen atoms in total. The van der Waals surface area contributed by atoms with Crippen LogP contribution < -0.4 is 0 Å². The second kappa shape index (κ2) is 7.60. The van der Waals surface area contributed by atoms with Crippen molar-refractivity contribution in [2.75, 3.05) is 28.3 Å². The van der Waals surface area contributed by atoms with Crippen LogP contribution in [0.1, 0.15) is 5.56 Å². The lowest BCUT2D eigenvalue weighted by atomic mass is 10.2. The molecular formula is C13H18Cl2NO3P. The Kier molecular flexibility index (Phi) is 6.73. The molecule has 112 valence electrons. The summed E-state index contributed by atoms with van der Waals surface area (Å²) < 4.78 is 22.6. The molecule has 1 atom stereocenters. The van der Waals surface area contributed by atoms with Gasteiger partial charge in [0.05, 0.1) is 0 Å². The maximum absolute atomic E-state index is 12.5. The van der Waals surface area contributed by atoms with Crippen molar-refractivity contribution in [1.82, 2.24) is 4.90 Å². The van der Waals surface area contributed by atoms with E-state index in [1.807, 2.05) is 0 Å². The number of benzene rings is 1. The third-order valence-electron chi connectivity index (χ3n) is 2.78. The van der Waals surface area contributed by atoms with Crippen LogP contribution in [-0.2, 0) is 13.6 Å². The van der Waals surface area contributed by atoms with Crippen molar-refractivity contribution in [1.29, 1.82) is 0 Å². The molecule has 0 amide bonds. The van der Waals surface area contributed by atoms with E-state index in [2.05, 4.69) is 0 Å². The standard InChI is InChI=1S/C13H18Cl2NO3P/c1-16(2)13(20(17,18-3)19-4)9-12(15)10-5-7-11(14)8-6-10/h5-9,13H,1-4H3/b12-9-/t13-/m0/s1. The molecule has 0 spiro atoms. The first-order chi connectivity index (χ1) is 9.34. The van der Waals surface area contributed by atoms with Crippen LogP contribution in [0, 0.1) is 0 Å². The van der Waals surface area contributed by atoms with E-state index in [0.717, 1.165) is 5.56 Å². The minimum Gasteiger partial charge on any atom is -0.311 e. The third kappa shape index (κ3) is 4.32. The fourth-order valence-electron chi connectivity index (χ4n) is 1.65. The van der Waals surface area contributed by atoms with Gasteiger partial charge < -0.3 is 9.05 Å². The lowest BCUT2D eigenvalue weighted by Crippen LogP contribution is -2.27. The maximum Gasteiger partial charge on any atom is 0.351 e. The molecular weight excluding hydrogens is 320 g/mol. The summed E-state index contributed by atoms with van der Waals surface area (Å²) in [6.45, 7) is 0. The van der Waals surface area contributed by atoms with E-state index in [1.165, 1.54) is 14.2 Å². The van der Waals surface area contributed by atoms with Crippen molar-refractivity contribution in [3.63, 3.8) is 0 Å². The zero-order valence-electron chi connectivity index (χ0n) is 11.8. The predicted octanol–water partition coefficient (Wildman–Crippen LogP) is 4.29. The topological polar surface area (TPSA) is 38.8 Å². The molecule has 20 heavy (non-hydrogen) atoms. The molecule has 1 aromatic carbocycles. The molecule has 0 heterocycles. The van der Waals surface area contributed by atoms with Crippen LogP contribution in [0.2, 0.25) is 5.02 Å². The molecule has 0 unspecified atom stereocenters. The fraction of sp³-hybridized carbons (Fsp3) is 0.385. The van der Waals surface area contributed by atoms with E-state index in [1.54, 1.807) is 49.3 Å². The van der Waals surface area contributed by atoms with Gasteiger partial charge in [-0.2, -0.15) is 0 Å². The van der Waals surface area contributed by atoms with Gasteiger partial charge in [-0.15, -0.1) is 0 Å². The Labute approximate surface area is 129 Å². The zero-order chi connectivity index (χ0) is 15.3. The molecule has 0 aliphatic heterocycles. The number of rotatable bonds is 6. The molecule has 0 bridgehead atoms. The zero-order valence-corrected chi connectivity index (χ0v) is 14.2. The number of hydrogen-bond donors (Lipinski definition) is 0. The molecule has 0 saturated heterocycles. The number of halogens is 2. The average Bonchev–Trinajstić information content (AvgIpc) is 2.44. The molecule has 0 saturated carbocycles. The highest BCUT2D eigenvalue weighted by molar-refractivity contribution is 7.54. The molecule has 1 aromatic rings. The predicted molar refractivity (Wildman–Crippen MR) is 84.4 cm³/mol. The summed E-state index contributed by atoms with van der Waals surface area (Å²) in [5.41, 5.74) is 0.779. The molecule has 0 radical (unpaired) electrons. The Hall–Kier alpha value is -0.350. The van der Waals surface area contributed by atoms with Crippen molar-refractivity contribution in [2.24, 2.45) is 0 Å². The second-order valence-corrected chi connectivity index (χ2v) is 7.49. The summed E-state index contributed by atoms with van der Waals surface area (Å²) in [5, 5.41) is 1.08. The van der Waals surface area contributed by atoms with E-state index < -0.39 is 13.4 Å². The number of likely N-dealkylation sites (N-methyl/N-ethyl adjacent to an activating group) is 1. The second-order valence-electron chi connectivity index (χ2n) is 4.30. The van der Waals surface area contributed by atoms with Crippen LogP contribution in [-0.4, -0.2) is 39.0 Å². The van der Waals surface area contributed by atoms with Gasteiger partial charge in [-0.25, -0.2) is 0 Å². The van der Waals surface area contributed by atoms with Gasteiger partial charge in [-0.05, 0) is 37.9 Å². The van der Waals surface area contributed by atoms with Gasteiger partial charge >= 0.3 is 7.60 Å². The van der Waals surface area contributed by atoms with Gasteiger partial charge in [-0.3, -0.25) is 9.46 Å². The summed E-state index contributed by atoms with van der Waals surface area (Å²) in [7, 11) is 2.96. The Balaban J connectivity index is 3.14. The van der Waals surface area contributed by atoms with E-state index >= 15 is 0 Å². The Morgan fingerprint density at radius 2 is 1.75 bits per heavy atom. The summed E-state index contributed by atoms with van der Waals surface area (Å²) in [4.78, 5) is 1.73. The Morgan fingerprint density at radius 1 is 1.25 bits per heavy atom. The van der Waals surface area contributed by atoms with Crippen LogP contribution in [0.4, 0.5) is 0 Å². The van der Waals surface area contributed by atoms with E-state index in [4.69, 9.17) is 32.2 Å². The summed E-state index contributed by atoms with van der Waals surface area (Å²) in [5.74, 6) is -0.583. The maximum atomic E-state index is 12.5. The first-order valence-corrected chi connectivity index (χ1v) is 8.21. The van der Waals surface area contributed by atoms with Crippen LogP contribution >= 0.6 is 30.8 Å². The fourth-order valence-corrected chi connectivity index (χ4v) is 3.59. The molecule has 0 aromatic heterocycles. The third-order valence-corrected chi connectivity index (χ3v) is 5.65. The number of nitrogens with zero attached hydrogens (tertiary/aromatic N) is 1. The van der Waals surface area contributed by atoms with Gasteiger partial charge in [0.15, 0.2) is 0 Å². The highest BCUT2D eigenvalue weighted by Gasteiger charge is 2.34. The van der Waals surface area contributed by atoms with Gasteiger partial charge in [0.1, 0.15) is 5.78 Å². The summed E-state index contributed by atoms with van der Waals surface area (Å²) >= 11 is 12.1. The Morgan fingerprint density at radius 3 is 2.15 bits per heavy atom. The molecule has 0 fully saturated rings. The average molecular weight is 338 g/mol. The van der Waals surface area contributed by atoms with E-state index in [9.17, 15) is 4.57 Å². The molecule has 0 N–H and O–H groups in total. The SMILES string of the molecule is COP(=O)(OC)[C@@H](/C=C(\Cl)c1ccc(Cl)cc1)N(C)C. The minimum atomic E-state index is -3.29. The highest BCUT2D eigenvalue weighted by atomic mass is 35.5. The van der Waals surface area contributed by atoms with E-state index in [-0.39, 0.29) is 0 Å². The van der Waals surface area contributed by atoms with Crippen molar-refractivity contribution >= 4 is 35.8 Å². The Bertz CT molecular complexity index is 509. The van der Waals surface area contributed by atoms with Crippen LogP contribution in [0.15, 0.2) is 30.3 Å². The van der Waals surface area contributed by atoms with Gasteiger partial charge in [0, 0.05) is 24.3 Å². The first-order valence-electron chi connectivity index (χ1n) is 5.85. The van der Waals surface area contributed by atoms with E-state index in [0.29, 0.717) is 10.1 Å². The van der Waals surface area contributed by atoms with Gasteiger partial charge in [-0.1, -0.05) is 35.3 Å². The quantitative estimate of drug-likeness (QED) is 0.725. The van der Waals surface area contributed by atoms with Crippen LogP contribution in [0.5, 0.6) is 0 Å². The first kappa shape index (κ1) is 17.7. The smallest absolute Gasteiger partial charge is 0.311 e. The molecule has 0 aliphatic rings. The van der Waals surface area contributed by atoms with Crippen molar-refractivity contribution < 1.29 is 13.6 Å².